The first-order chi connectivity index (χ1) is 10.1. The quantitative estimate of drug-likeness (QED) is 0.768. The van der Waals surface area contributed by atoms with Gasteiger partial charge in [0.05, 0.1) is 0 Å². The number of amides is 1. The van der Waals surface area contributed by atoms with Crippen LogP contribution in [0.1, 0.15) is 37.4 Å². The van der Waals surface area contributed by atoms with Gasteiger partial charge < -0.3 is 16.2 Å². The molecule has 2 heterocycles. The largest absolute Gasteiger partial charge is 0.465 e. The second-order valence-electron chi connectivity index (χ2n) is 5.30. The molecule has 0 spiro atoms. The molecule has 8 heteroatoms. The van der Waals surface area contributed by atoms with Gasteiger partial charge in [-0.1, -0.05) is 6.42 Å². The third kappa shape index (κ3) is 2.67. The van der Waals surface area contributed by atoms with Crippen molar-refractivity contribution in [1.82, 2.24) is 19.7 Å². The van der Waals surface area contributed by atoms with Gasteiger partial charge in [0.2, 0.25) is 0 Å². The maximum absolute atomic E-state index is 10.8. The van der Waals surface area contributed by atoms with Crippen molar-refractivity contribution in [2.75, 3.05) is 5.73 Å². The van der Waals surface area contributed by atoms with E-state index < -0.39 is 6.09 Å². The molecule has 2 aromatic rings. The molecular weight excluding hydrogens is 338 g/mol. The van der Waals surface area contributed by atoms with Gasteiger partial charge in [0, 0.05) is 24.4 Å². The number of nitrogen functional groups attached to an aromatic ring is 1. The van der Waals surface area contributed by atoms with E-state index in [1.165, 1.54) is 0 Å². The van der Waals surface area contributed by atoms with Crippen molar-refractivity contribution in [3.05, 3.63) is 22.8 Å². The molecule has 2 atom stereocenters. The van der Waals surface area contributed by atoms with Crippen molar-refractivity contribution in [3.63, 3.8) is 0 Å². The van der Waals surface area contributed by atoms with Gasteiger partial charge in [0.15, 0.2) is 5.82 Å². The van der Waals surface area contributed by atoms with Crippen molar-refractivity contribution in [2.24, 2.45) is 0 Å². The van der Waals surface area contributed by atoms with E-state index >= 15 is 0 Å². The van der Waals surface area contributed by atoms with Crippen LogP contribution in [0.15, 0.2) is 17.0 Å². The van der Waals surface area contributed by atoms with Gasteiger partial charge in [-0.25, -0.2) is 14.8 Å². The summed E-state index contributed by atoms with van der Waals surface area (Å²) in [5, 5.41) is 11.4. The first-order valence-electron chi connectivity index (χ1n) is 6.83. The maximum atomic E-state index is 10.8. The van der Waals surface area contributed by atoms with E-state index in [9.17, 15) is 4.79 Å². The summed E-state index contributed by atoms with van der Waals surface area (Å²) in [5.41, 5.74) is 6.67. The molecule has 112 valence electrons. The second kappa shape index (κ2) is 5.51. The van der Waals surface area contributed by atoms with E-state index in [1.807, 2.05) is 10.6 Å². The zero-order valence-electron chi connectivity index (χ0n) is 11.3. The lowest BCUT2D eigenvalue weighted by atomic mass is 9.85. The monoisotopic (exact) mass is 353 g/mol. The lowest BCUT2D eigenvalue weighted by molar-refractivity contribution is 0.184. The highest BCUT2D eigenvalue weighted by Crippen LogP contribution is 2.35. The van der Waals surface area contributed by atoms with E-state index in [2.05, 4.69) is 31.2 Å². The van der Waals surface area contributed by atoms with Crippen LogP contribution in [-0.2, 0) is 0 Å². The molecule has 1 aliphatic rings. The SMILES string of the molecule is Nc1nccn2c([C@@H]3CCC[C@H](NC(=O)O)C3)nc(Br)c12. The number of nitrogens with one attached hydrogen (secondary N) is 1. The zero-order chi connectivity index (χ0) is 15.0. The zero-order valence-corrected chi connectivity index (χ0v) is 12.9. The van der Waals surface area contributed by atoms with Gasteiger partial charge in [0.1, 0.15) is 15.9 Å². The number of nitrogens with zero attached hydrogens (tertiary/aromatic N) is 3. The van der Waals surface area contributed by atoms with Crippen LogP contribution >= 0.6 is 15.9 Å². The molecule has 7 nitrogen and oxygen atoms in total. The van der Waals surface area contributed by atoms with Crippen molar-refractivity contribution >= 4 is 33.4 Å². The Balaban J connectivity index is 1.93. The number of nitrogens with two attached hydrogens (primary N) is 1. The summed E-state index contributed by atoms with van der Waals surface area (Å²) in [6.07, 6.45) is 6.11. The number of halogens is 1. The molecule has 0 radical (unpaired) electrons. The second-order valence-corrected chi connectivity index (χ2v) is 6.05. The summed E-state index contributed by atoms with van der Waals surface area (Å²) >= 11 is 3.43. The molecule has 0 unspecified atom stereocenters. The van der Waals surface area contributed by atoms with Crippen LogP contribution in [0.2, 0.25) is 0 Å². The summed E-state index contributed by atoms with van der Waals surface area (Å²) in [4.78, 5) is 19.5. The maximum Gasteiger partial charge on any atom is 0.404 e. The predicted molar refractivity (Wildman–Crippen MR) is 81.3 cm³/mol. The molecule has 0 aromatic carbocycles. The van der Waals surface area contributed by atoms with Crippen LogP contribution in [0.3, 0.4) is 0 Å². The third-order valence-corrected chi connectivity index (χ3v) is 4.49. The Morgan fingerprint density at radius 1 is 1.52 bits per heavy atom. The number of aromatic nitrogens is 3. The number of carboxylic acid groups (broad SMARTS) is 1. The number of hydrogen-bond donors (Lipinski definition) is 3. The third-order valence-electron chi connectivity index (χ3n) is 3.93. The van der Waals surface area contributed by atoms with Gasteiger partial charge in [-0.15, -0.1) is 0 Å². The Kier molecular flexibility index (Phi) is 3.71. The summed E-state index contributed by atoms with van der Waals surface area (Å²) in [6.45, 7) is 0. The lowest BCUT2D eigenvalue weighted by Crippen LogP contribution is -2.37. The molecule has 2 aromatic heterocycles. The van der Waals surface area contributed by atoms with Crippen LogP contribution in [0.25, 0.3) is 5.52 Å². The normalized spacial score (nSPS) is 22.3. The molecule has 1 saturated carbocycles. The van der Waals surface area contributed by atoms with Gasteiger partial charge in [-0.05, 0) is 35.2 Å². The van der Waals surface area contributed by atoms with Crippen LogP contribution in [0.5, 0.6) is 0 Å². The Hall–Kier alpha value is -1.83. The van der Waals surface area contributed by atoms with Gasteiger partial charge in [-0.2, -0.15) is 0 Å². The average Bonchev–Trinajstić information content (AvgIpc) is 2.77. The van der Waals surface area contributed by atoms with E-state index in [-0.39, 0.29) is 12.0 Å². The van der Waals surface area contributed by atoms with Gasteiger partial charge in [-0.3, -0.25) is 4.40 Å². The fraction of sp³-hybridized carbons (Fsp3) is 0.462. The number of imidazole rings is 1. The number of anilines is 1. The van der Waals surface area contributed by atoms with Crippen LogP contribution in [0, 0.1) is 0 Å². The van der Waals surface area contributed by atoms with Gasteiger partial charge in [0.25, 0.3) is 0 Å². The van der Waals surface area contributed by atoms with E-state index in [4.69, 9.17) is 10.8 Å². The molecular formula is C13H16BrN5O2. The van der Waals surface area contributed by atoms with E-state index in [0.717, 1.165) is 37.0 Å². The van der Waals surface area contributed by atoms with Crippen LogP contribution in [-0.4, -0.2) is 31.6 Å². The molecule has 0 saturated heterocycles. The number of fused-ring (bicyclic) bond motifs is 1. The van der Waals surface area contributed by atoms with E-state index in [1.54, 1.807) is 6.20 Å². The summed E-state index contributed by atoms with van der Waals surface area (Å²) in [7, 11) is 0. The summed E-state index contributed by atoms with van der Waals surface area (Å²) < 4.78 is 2.62. The number of rotatable bonds is 2. The Bertz CT molecular complexity index is 686. The standard InChI is InChI=1S/C13H16BrN5O2/c14-10-9-11(15)16-4-5-19(9)12(18-10)7-2-1-3-8(6-7)17-13(20)21/h4-5,7-8,17H,1-3,6H2,(H2,15,16)(H,20,21)/t7-,8+/m1/s1. The summed E-state index contributed by atoms with van der Waals surface area (Å²) in [5.74, 6) is 1.54. The highest BCUT2D eigenvalue weighted by Gasteiger charge is 2.28. The fourth-order valence-electron chi connectivity index (χ4n) is 3.06. The van der Waals surface area contributed by atoms with E-state index in [0.29, 0.717) is 10.4 Å². The minimum Gasteiger partial charge on any atom is -0.465 e. The smallest absolute Gasteiger partial charge is 0.404 e. The molecule has 21 heavy (non-hydrogen) atoms. The minimum absolute atomic E-state index is 0.0217. The predicted octanol–water partition coefficient (Wildman–Crippen LogP) is 2.37. The first kappa shape index (κ1) is 14.1. The van der Waals surface area contributed by atoms with Crippen LogP contribution in [0.4, 0.5) is 10.6 Å². The lowest BCUT2D eigenvalue weighted by Gasteiger charge is -2.28. The van der Waals surface area contributed by atoms with Crippen molar-refractivity contribution in [2.45, 2.75) is 37.6 Å². The van der Waals surface area contributed by atoms with Crippen LogP contribution < -0.4 is 11.1 Å². The first-order valence-corrected chi connectivity index (χ1v) is 7.63. The molecule has 1 aliphatic carbocycles. The molecule has 1 fully saturated rings. The molecule has 4 N–H and O–H groups in total. The molecule has 0 aliphatic heterocycles. The Morgan fingerprint density at radius 2 is 2.33 bits per heavy atom. The fourth-order valence-corrected chi connectivity index (χ4v) is 3.64. The Labute approximate surface area is 129 Å². The number of hydrogen-bond acceptors (Lipinski definition) is 4. The highest BCUT2D eigenvalue weighted by atomic mass is 79.9. The highest BCUT2D eigenvalue weighted by molar-refractivity contribution is 9.10. The summed E-state index contributed by atoms with van der Waals surface area (Å²) in [6, 6.07) is -0.0217. The molecule has 0 bridgehead atoms. The minimum atomic E-state index is -0.969. The van der Waals surface area contributed by atoms with Crippen molar-refractivity contribution < 1.29 is 9.90 Å². The van der Waals surface area contributed by atoms with Crippen molar-refractivity contribution in [1.29, 1.82) is 0 Å². The van der Waals surface area contributed by atoms with Gasteiger partial charge >= 0.3 is 6.09 Å². The average molecular weight is 354 g/mol. The number of carbonyl (C=O) groups is 1. The Morgan fingerprint density at radius 3 is 3.10 bits per heavy atom. The topological polar surface area (TPSA) is 106 Å². The molecule has 1 amide bonds. The van der Waals surface area contributed by atoms with Crippen molar-refractivity contribution in [3.8, 4) is 0 Å². The molecule has 3 rings (SSSR count).